The first-order chi connectivity index (χ1) is 9.97. The van der Waals surface area contributed by atoms with Crippen LogP contribution in [0.5, 0.6) is 5.75 Å². The summed E-state index contributed by atoms with van der Waals surface area (Å²) in [6.07, 6.45) is 1.81. The highest BCUT2D eigenvalue weighted by Crippen LogP contribution is 2.31. The maximum Gasteiger partial charge on any atom is 0.263 e. The third-order valence-electron chi connectivity index (χ3n) is 2.77. The molecular formula is C14H14ClNO3S2. The fourth-order valence-corrected chi connectivity index (χ4v) is 4.25. The predicted molar refractivity (Wildman–Crippen MR) is 87.0 cm³/mol. The predicted octanol–water partition coefficient (Wildman–Crippen LogP) is 3.87. The average molecular weight is 344 g/mol. The van der Waals surface area contributed by atoms with Gasteiger partial charge in [-0.1, -0.05) is 23.7 Å². The summed E-state index contributed by atoms with van der Waals surface area (Å²) in [7, 11) is -2.26. The van der Waals surface area contributed by atoms with Crippen molar-refractivity contribution in [2.75, 3.05) is 18.1 Å². The van der Waals surface area contributed by atoms with Crippen molar-refractivity contribution in [3.8, 4) is 5.75 Å². The Hall–Kier alpha value is -1.37. The van der Waals surface area contributed by atoms with E-state index in [4.69, 9.17) is 16.3 Å². The van der Waals surface area contributed by atoms with Crippen LogP contribution in [0.25, 0.3) is 0 Å². The molecule has 1 N–H and O–H groups in total. The molecule has 0 spiro atoms. The lowest BCUT2D eigenvalue weighted by atomic mass is 10.3. The summed E-state index contributed by atoms with van der Waals surface area (Å²) in [6, 6.07) is 11.6. The van der Waals surface area contributed by atoms with Crippen LogP contribution in [0.3, 0.4) is 0 Å². The van der Waals surface area contributed by atoms with Crippen molar-refractivity contribution >= 4 is 39.1 Å². The zero-order chi connectivity index (χ0) is 15.5. The molecule has 0 bridgehead atoms. The molecule has 2 aromatic carbocycles. The maximum absolute atomic E-state index is 12.6. The van der Waals surface area contributed by atoms with Crippen molar-refractivity contribution in [2.24, 2.45) is 0 Å². The largest absolute Gasteiger partial charge is 0.495 e. The van der Waals surface area contributed by atoms with Gasteiger partial charge in [-0.05, 0) is 36.6 Å². The lowest BCUT2D eigenvalue weighted by Crippen LogP contribution is -2.14. The summed E-state index contributed by atoms with van der Waals surface area (Å²) < 4.78 is 32.8. The van der Waals surface area contributed by atoms with E-state index in [-0.39, 0.29) is 4.90 Å². The third-order valence-corrected chi connectivity index (χ3v) is 5.33. The van der Waals surface area contributed by atoms with Gasteiger partial charge in [0.2, 0.25) is 0 Å². The third kappa shape index (κ3) is 3.64. The molecule has 0 saturated carbocycles. The van der Waals surface area contributed by atoms with Crippen molar-refractivity contribution < 1.29 is 13.2 Å². The van der Waals surface area contributed by atoms with Crippen LogP contribution in [0.1, 0.15) is 0 Å². The number of hydrogen-bond donors (Lipinski definition) is 1. The molecule has 0 fully saturated rings. The first kappa shape index (κ1) is 16.0. The van der Waals surface area contributed by atoms with Gasteiger partial charge in [-0.15, -0.1) is 11.8 Å². The van der Waals surface area contributed by atoms with Gasteiger partial charge in [0.25, 0.3) is 10.0 Å². The minimum atomic E-state index is -3.75. The van der Waals surface area contributed by atoms with Crippen LogP contribution in [0, 0.1) is 0 Å². The molecule has 0 saturated heterocycles. The Morgan fingerprint density at radius 3 is 2.57 bits per heavy atom. The van der Waals surface area contributed by atoms with Crippen LogP contribution in [0.4, 0.5) is 5.69 Å². The van der Waals surface area contributed by atoms with E-state index in [2.05, 4.69) is 4.72 Å². The summed E-state index contributed by atoms with van der Waals surface area (Å²) in [5.41, 5.74) is 0.382. The number of halogens is 1. The number of sulfonamides is 1. The molecule has 0 unspecified atom stereocenters. The van der Waals surface area contributed by atoms with Gasteiger partial charge in [-0.2, -0.15) is 0 Å². The van der Waals surface area contributed by atoms with Crippen LogP contribution < -0.4 is 9.46 Å². The molecule has 0 atom stereocenters. The molecule has 4 nitrogen and oxygen atoms in total. The summed E-state index contributed by atoms with van der Waals surface area (Å²) in [4.78, 5) is 0.773. The standard InChI is InChI=1S/C14H14ClNO3S2/c1-19-12-6-4-3-5-11(12)16-21(17,18)14-9-10(15)7-8-13(14)20-2/h3-9,16H,1-2H3. The molecule has 112 valence electrons. The molecule has 21 heavy (non-hydrogen) atoms. The summed E-state index contributed by atoms with van der Waals surface area (Å²) in [6.45, 7) is 0. The normalized spacial score (nSPS) is 11.2. The van der Waals surface area contributed by atoms with Crippen LogP contribution in [-0.4, -0.2) is 21.8 Å². The van der Waals surface area contributed by atoms with Gasteiger partial charge in [0.1, 0.15) is 10.6 Å². The summed E-state index contributed by atoms with van der Waals surface area (Å²) in [5, 5.41) is 0.369. The fourth-order valence-electron chi connectivity index (χ4n) is 1.79. The van der Waals surface area contributed by atoms with Crippen LogP contribution in [0.15, 0.2) is 52.3 Å². The Balaban J connectivity index is 2.46. The summed E-state index contributed by atoms with van der Waals surface area (Å²) >= 11 is 7.26. The van der Waals surface area contributed by atoms with Gasteiger partial charge >= 0.3 is 0 Å². The van der Waals surface area contributed by atoms with Gasteiger partial charge < -0.3 is 4.74 Å². The highest BCUT2D eigenvalue weighted by molar-refractivity contribution is 7.99. The Morgan fingerprint density at radius 2 is 1.90 bits per heavy atom. The van der Waals surface area contributed by atoms with Gasteiger partial charge in [0, 0.05) is 9.92 Å². The van der Waals surface area contributed by atoms with E-state index in [1.54, 1.807) is 36.4 Å². The zero-order valence-electron chi connectivity index (χ0n) is 11.5. The smallest absolute Gasteiger partial charge is 0.263 e. The number of thioether (sulfide) groups is 1. The number of benzene rings is 2. The molecular weight excluding hydrogens is 330 g/mol. The molecule has 7 heteroatoms. The molecule has 0 amide bonds. The van der Waals surface area contributed by atoms with Gasteiger partial charge in [0.05, 0.1) is 12.8 Å². The molecule has 0 aliphatic rings. The van der Waals surface area contributed by atoms with Crippen molar-refractivity contribution in [3.63, 3.8) is 0 Å². The highest BCUT2D eigenvalue weighted by atomic mass is 35.5. The van der Waals surface area contributed by atoms with Gasteiger partial charge in [-0.25, -0.2) is 8.42 Å². The lowest BCUT2D eigenvalue weighted by molar-refractivity contribution is 0.417. The van der Waals surface area contributed by atoms with Crippen molar-refractivity contribution in [2.45, 2.75) is 9.79 Å². The van der Waals surface area contributed by atoms with E-state index in [9.17, 15) is 8.42 Å². The molecule has 0 heterocycles. The second kappa shape index (κ2) is 6.60. The van der Waals surface area contributed by atoms with E-state index in [1.165, 1.54) is 24.9 Å². The van der Waals surface area contributed by atoms with Crippen LogP contribution in [-0.2, 0) is 10.0 Å². The molecule has 2 rings (SSSR count). The molecule has 0 aliphatic heterocycles. The number of para-hydroxylation sites is 2. The van der Waals surface area contributed by atoms with Crippen LogP contribution >= 0.6 is 23.4 Å². The number of nitrogens with one attached hydrogen (secondary N) is 1. The summed E-state index contributed by atoms with van der Waals surface area (Å²) in [5.74, 6) is 0.453. The van der Waals surface area contributed by atoms with Crippen molar-refractivity contribution in [1.29, 1.82) is 0 Å². The topological polar surface area (TPSA) is 55.4 Å². The van der Waals surface area contributed by atoms with Gasteiger partial charge in [-0.3, -0.25) is 4.72 Å². The van der Waals surface area contributed by atoms with Crippen molar-refractivity contribution in [1.82, 2.24) is 0 Å². The minimum absolute atomic E-state index is 0.147. The van der Waals surface area contributed by atoms with E-state index in [1.807, 2.05) is 6.26 Å². The zero-order valence-corrected chi connectivity index (χ0v) is 13.8. The number of methoxy groups -OCH3 is 1. The molecule has 0 radical (unpaired) electrons. The second-order valence-electron chi connectivity index (χ2n) is 4.10. The number of anilines is 1. The van der Waals surface area contributed by atoms with E-state index in [0.717, 1.165) is 0 Å². The van der Waals surface area contributed by atoms with Crippen molar-refractivity contribution in [3.05, 3.63) is 47.5 Å². The minimum Gasteiger partial charge on any atom is -0.495 e. The first-order valence-corrected chi connectivity index (χ1v) is 9.06. The Kier molecular flexibility index (Phi) is 5.03. The first-order valence-electron chi connectivity index (χ1n) is 5.97. The average Bonchev–Trinajstić information content (AvgIpc) is 2.47. The van der Waals surface area contributed by atoms with E-state index < -0.39 is 10.0 Å². The maximum atomic E-state index is 12.6. The fraction of sp³-hybridized carbons (Fsp3) is 0.143. The SMILES string of the molecule is COc1ccccc1NS(=O)(=O)c1cc(Cl)ccc1SC. The molecule has 0 aromatic heterocycles. The lowest BCUT2D eigenvalue weighted by Gasteiger charge is -2.13. The van der Waals surface area contributed by atoms with E-state index in [0.29, 0.717) is 21.4 Å². The van der Waals surface area contributed by atoms with E-state index >= 15 is 0 Å². The quantitative estimate of drug-likeness (QED) is 0.837. The van der Waals surface area contributed by atoms with Gasteiger partial charge in [0.15, 0.2) is 0 Å². The molecule has 0 aliphatic carbocycles. The Morgan fingerprint density at radius 1 is 1.19 bits per heavy atom. The molecule has 2 aromatic rings. The number of hydrogen-bond acceptors (Lipinski definition) is 4. The number of ether oxygens (including phenoxy) is 1. The second-order valence-corrected chi connectivity index (χ2v) is 7.04. The Bertz CT molecular complexity index is 748. The number of rotatable bonds is 5. The Labute approximate surface area is 133 Å². The van der Waals surface area contributed by atoms with Crippen LogP contribution in [0.2, 0.25) is 5.02 Å². The highest BCUT2D eigenvalue weighted by Gasteiger charge is 2.20. The monoisotopic (exact) mass is 343 g/mol.